The summed E-state index contributed by atoms with van der Waals surface area (Å²) in [6.45, 7) is 4.08. The molecule has 1 aliphatic rings. The van der Waals surface area contributed by atoms with Crippen LogP contribution in [-0.2, 0) is 4.74 Å². The Balaban J connectivity index is 1.78. The number of benzene rings is 1. The van der Waals surface area contributed by atoms with Gasteiger partial charge in [-0.05, 0) is 12.3 Å². The largest absolute Gasteiger partial charge is 0.379 e. The summed E-state index contributed by atoms with van der Waals surface area (Å²) in [5, 5.41) is 4.36. The van der Waals surface area contributed by atoms with Crippen LogP contribution in [0.4, 0.5) is 5.82 Å². The summed E-state index contributed by atoms with van der Waals surface area (Å²) in [4.78, 5) is 11.3. The van der Waals surface area contributed by atoms with Crippen molar-refractivity contribution in [3.8, 4) is 11.3 Å². The normalized spacial score (nSPS) is 21.3. The second-order valence-electron chi connectivity index (χ2n) is 6.32. The average molecular weight is 323 g/mol. The molecule has 0 radical (unpaired) electrons. The lowest BCUT2D eigenvalue weighted by Gasteiger charge is -2.37. The van der Waals surface area contributed by atoms with Gasteiger partial charge >= 0.3 is 0 Å². The highest BCUT2D eigenvalue weighted by Gasteiger charge is 2.28. The van der Waals surface area contributed by atoms with Crippen LogP contribution in [0.2, 0.25) is 0 Å². The molecule has 2 aromatic heterocycles. The number of methoxy groups -OCH3 is 1. The lowest BCUT2D eigenvalue weighted by Crippen LogP contribution is -2.44. The van der Waals surface area contributed by atoms with Crippen molar-refractivity contribution in [1.82, 2.24) is 19.6 Å². The molecule has 0 bridgehead atoms. The zero-order valence-corrected chi connectivity index (χ0v) is 14.0. The van der Waals surface area contributed by atoms with Gasteiger partial charge in [-0.3, -0.25) is 0 Å². The van der Waals surface area contributed by atoms with Crippen LogP contribution in [0.15, 0.2) is 42.7 Å². The van der Waals surface area contributed by atoms with Crippen molar-refractivity contribution in [2.75, 3.05) is 25.1 Å². The summed E-state index contributed by atoms with van der Waals surface area (Å²) in [7, 11) is 1.79. The van der Waals surface area contributed by atoms with Crippen LogP contribution in [-0.4, -0.2) is 45.9 Å². The van der Waals surface area contributed by atoms with Gasteiger partial charge in [-0.1, -0.05) is 37.3 Å². The number of aromatic nitrogens is 4. The Morgan fingerprint density at radius 2 is 2.04 bits per heavy atom. The van der Waals surface area contributed by atoms with E-state index in [4.69, 9.17) is 4.74 Å². The van der Waals surface area contributed by atoms with E-state index in [1.54, 1.807) is 13.4 Å². The summed E-state index contributed by atoms with van der Waals surface area (Å²) >= 11 is 0. The lowest BCUT2D eigenvalue weighted by atomic mass is 9.96. The van der Waals surface area contributed by atoms with Crippen molar-refractivity contribution in [2.24, 2.45) is 5.92 Å². The first-order valence-electron chi connectivity index (χ1n) is 8.30. The van der Waals surface area contributed by atoms with E-state index >= 15 is 0 Å². The smallest absolute Gasteiger partial charge is 0.254 e. The number of hydrogen-bond acceptors (Lipinski definition) is 5. The lowest BCUT2D eigenvalue weighted by molar-refractivity contribution is 0.0495. The molecule has 3 aromatic rings. The first kappa shape index (κ1) is 15.1. The Labute approximate surface area is 141 Å². The van der Waals surface area contributed by atoms with Crippen molar-refractivity contribution in [1.29, 1.82) is 0 Å². The van der Waals surface area contributed by atoms with Crippen LogP contribution in [0.25, 0.3) is 17.0 Å². The fourth-order valence-electron chi connectivity index (χ4n) is 3.33. The molecule has 2 unspecified atom stereocenters. The molecule has 0 spiro atoms. The highest BCUT2D eigenvalue weighted by molar-refractivity contribution is 5.65. The van der Waals surface area contributed by atoms with Gasteiger partial charge in [0.15, 0.2) is 0 Å². The number of hydrogen-bond donors (Lipinski definition) is 0. The zero-order chi connectivity index (χ0) is 16.5. The molecule has 2 atom stereocenters. The van der Waals surface area contributed by atoms with Crippen LogP contribution in [0.3, 0.4) is 0 Å². The van der Waals surface area contributed by atoms with E-state index in [1.165, 1.54) is 0 Å². The van der Waals surface area contributed by atoms with Gasteiger partial charge in [0.05, 0.1) is 11.8 Å². The molecule has 124 valence electrons. The van der Waals surface area contributed by atoms with Crippen molar-refractivity contribution in [3.05, 3.63) is 42.7 Å². The molecule has 0 aliphatic carbocycles. The Bertz CT molecular complexity index is 832. The molecule has 24 heavy (non-hydrogen) atoms. The molecule has 6 nitrogen and oxygen atoms in total. The highest BCUT2D eigenvalue weighted by Crippen LogP contribution is 2.28. The maximum absolute atomic E-state index is 5.66. The summed E-state index contributed by atoms with van der Waals surface area (Å²) < 4.78 is 7.48. The number of anilines is 1. The molecule has 3 heterocycles. The number of rotatable bonds is 3. The second-order valence-corrected chi connectivity index (χ2v) is 6.32. The monoisotopic (exact) mass is 323 g/mol. The Hall–Kier alpha value is -2.47. The van der Waals surface area contributed by atoms with E-state index < -0.39 is 0 Å². The van der Waals surface area contributed by atoms with Gasteiger partial charge in [0.2, 0.25) is 0 Å². The van der Waals surface area contributed by atoms with Gasteiger partial charge in [-0.25, -0.2) is 4.98 Å². The molecule has 1 saturated heterocycles. The first-order valence-corrected chi connectivity index (χ1v) is 8.30. The molecule has 1 fully saturated rings. The van der Waals surface area contributed by atoms with E-state index in [2.05, 4.69) is 45.1 Å². The van der Waals surface area contributed by atoms with Gasteiger partial charge in [-0.2, -0.15) is 14.6 Å². The van der Waals surface area contributed by atoms with Crippen molar-refractivity contribution < 1.29 is 4.74 Å². The van der Waals surface area contributed by atoms with Gasteiger partial charge < -0.3 is 9.64 Å². The number of nitrogens with zero attached hydrogens (tertiary/aromatic N) is 5. The third-order valence-corrected chi connectivity index (χ3v) is 4.82. The minimum atomic E-state index is 0.227. The fourth-order valence-corrected chi connectivity index (χ4v) is 3.33. The Kier molecular flexibility index (Phi) is 3.90. The molecule has 6 heteroatoms. The number of fused-ring (bicyclic) bond motifs is 1. The molecular weight excluding hydrogens is 302 g/mol. The van der Waals surface area contributed by atoms with Crippen molar-refractivity contribution in [3.63, 3.8) is 0 Å². The molecular formula is C18H21N5O. The maximum atomic E-state index is 5.66. The Morgan fingerprint density at radius 1 is 1.21 bits per heavy atom. The van der Waals surface area contributed by atoms with Gasteiger partial charge in [0, 0.05) is 31.8 Å². The molecule has 0 N–H and O–H groups in total. The summed E-state index contributed by atoms with van der Waals surface area (Å²) in [6, 6.07) is 12.3. The molecule has 1 aliphatic heterocycles. The van der Waals surface area contributed by atoms with E-state index in [9.17, 15) is 0 Å². The van der Waals surface area contributed by atoms with Gasteiger partial charge in [0.25, 0.3) is 5.78 Å². The van der Waals surface area contributed by atoms with Crippen LogP contribution in [0.5, 0.6) is 0 Å². The van der Waals surface area contributed by atoms with E-state index in [-0.39, 0.29) is 6.10 Å². The average Bonchev–Trinajstić information content (AvgIpc) is 3.11. The molecule has 0 saturated carbocycles. The quantitative estimate of drug-likeness (QED) is 0.742. The van der Waals surface area contributed by atoms with E-state index in [1.807, 2.05) is 22.7 Å². The van der Waals surface area contributed by atoms with Crippen LogP contribution in [0, 0.1) is 5.92 Å². The highest BCUT2D eigenvalue weighted by atomic mass is 16.5. The minimum Gasteiger partial charge on any atom is -0.379 e. The van der Waals surface area contributed by atoms with Gasteiger partial charge in [-0.15, -0.1) is 0 Å². The second kappa shape index (κ2) is 6.20. The molecule has 4 rings (SSSR count). The van der Waals surface area contributed by atoms with E-state index in [0.29, 0.717) is 11.7 Å². The summed E-state index contributed by atoms with van der Waals surface area (Å²) in [6.07, 6.45) is 2.88. The number of ether oxygens (including phenoxy) is 1. The third-order valence-electron chi connectivity index (χ3n) is 4.82. The molecule has 0 amide bonds. The van der Waals surface area contributed by atoms with Crippen molar-refractivity contribution >= 4 is 11.6 Å². The van der Waals surface area contributed by atoms with Gasteiger partial charge in [0.1, 0.15) is 12.1 Å². The zero-order valence-electron chi connectivity index (χ0n) is 14.0. The summed E-state index contributed by atoms with van der Waals surface area (Å²) in [5.41, 5.74) is 2.00. The Morgan fingerprint density at radius 3 is 2.83 bits per heavy atom. The number of piperidine rings is 1. The van der Waals surface area contributed by atoms with Crippen molar-refractivity contribution in [2.45, 2.75) is 19.4 Å². The predicted octanol–water partition coefficient (Wildman–Crippen LogP) is 2.65. The summed E-state index contributed by atoms with van der Waals surface area (Å²) in [5.74, 6) is 2.21. The SMILES string of the molecule is COC1CN(c2cc(-c3ccccc3)nc3ncnn23)CCC1C. The topological polar surface area (TPSA) is 55.5 Å². The maximum Gasteiger partial charge on any atom is 0.254 e. The van der Waals surface area contributed by atoms with Crippen LogP contribution >= 0.6 is 0 Å². The minimum absolute atomic E-state index is 0.227. The third kappa shape index (κ3) is 2.63. The predicted molar refractivity (Wildman–Crippen MR) is 93.0 cm³/mol. The first-order chi connectivity index (χ1) is 11.8. The standard InChI is InChI=1S/C18H21N5O/c1-13-8-9-22(11-16(13)24-2)17-10-15(14-6-4-3-5-7-14)21-18-19-12-20-23(17)18/h3-7,10,12-13,16H,8-9,11H2,1-2H3. The van der Waals surface area contributed by atoms with E-state index in [0.717, 1.165) is 36.6 Å². The fraction of sp³-hybridized carbons (Fsp3) is 0.389. The molecule has 1 aromatic carbocycles. The van der Waals surface area contributed by atoms with Crippen LogP contribution < -0.4 is 4.90 Å². The van der Waals surface area contributed by atoms with Crippen LogP contribution in [0.1, 0.15) is 13.3 Å².